The first-order chi connectivity index (χ1) is 9.88. The number of aliphatic carboxylic acids is 1. The lowest BCUT2D eigenvalue weighted by molar-refractivity contribution is -0.151. The molecule has 0 heterocycles. The molecule has 0 spiro atoms. The first-order valence-electron chi connectivity index (χ1n) is 6.92. The van der Waals surface area contributed by atoms with Gasteiger partial charge >= 0.3 is 5.97 Å². The van der Waals surface area contributed by atoms with Crippen LogP contribution < -0.4 is 5.32 Å². The van der Waals surface area contributed by atoms with Gasteiger partial charge in [-0.2, -0.15) is 5.26 Å². The third kappa shape index (κ3) is 3.82. The molecule has 0 aliphatic rings. The smallest absolute Gasteiger partial charge is 0.310 e. The van der Waals surface area contributed by atoms with Crippen molar-refractivity contribution in [3.63, 3.8) is 0 Å². The van der Waals surface area contributed by atoms with Crippen LogP contribution in [0, 0.1) is 23.7 Å². The number of hydrogen-bond acceptors (Lipinski definition) is 3. The van der Waals surface area contributed by atoms with Crippen molar-refractivity contribution in [2.75, 3.05) is 5.32 Å². The highest BCUT2D eigenvalue weighted by Crippen LogP contribution is 2.31. The second-order valence-corrected chi connectivity index (χ2v) is 5.16. The van der Waals surface area contributed by atoms with Crippen molar-refractivity contribution in [1.82, 2.24) is 0 Å². The number of rotatable bonds is 6. The van der Waals surface area contributed by atoms with Crippen LogP contribution in [0.3, 0.4) is 0 Å². The van der Waals surface area contributed by atoms with Crippen LogP contribution in [0.4, 0.5) is 5.69 Å². The van der Waals surface area contributed by atoms with Gasteiger partial charge in [-0.3, -0.25) is 9.59 Å². The molecule has 2 N–H and O–H groups in total. The maximum absolute atomic E-state index is 12.1. The first kappa shape index (κ1) is 16.7. The minimum atomic E-state index is -1.04. The minimum Gasteiger partial charge on any atom is -0.481 e. The van der Waals surface area contributed by atoms with Crippen LogP contribution in [-0.2, 0) is 9.59 Å². The highest BCUT2D eigenvalue weighted by atomic mass is 16.4. The second kappa shape index (κ2) is 6.89. The van der Waals surface area contributed by atoms with Gasteiger partial charge in [0.05, 0.1) is 17.0 Å². The van der Waals surface area contributed by atoms with Crippen molar-refractivity contribution in [1.29, 1.82) is 5.26 Å². The third-order valence-corrected chi connectivity index (χ3v) is 3.95. The standard InChI is InChI=1S/C16H20N2O3/c1-4-16(5-2,15(20)21)9-14(19)18-13-8-12(10-17)7-6-11(13)3/h6-8H,4-5,9H2,1-3H3,(H,18,19)(H,20,21). The Labute approximate surface area is 124 Å². The van der Waals surface area contributed by atoms with Crippen molar-refractivity contribution < 1.29 is 14.7 Å². The van der Waals surface area contributed by atoms with Crippen LogP contribution >= 0.6 is 0 Å². The number of carboxylic acids is 1. The van der Waals surface area contributed by atoms with Gasteiger partial charge in [-0.25, -0.2) is 0 Å². The van der Waals surface area contributed by atoms with E-state index in [0.29, 0.717) is 24.1 Å². The van der Waals surface area contributed by atoms with E-state index in [-0.39, 0.29) is 12.3 Å². The van der Waals surface area contributed by atoms with Crippen molar-refractivity contribution >= 4 is 17.6 Å². The maximum atomic E-state index is 12.1. The highest BCUT2D eigenvalue weighted by Gasteiger charge is 2.37. The van der Waals surface area contributed by atoms with Crippen LogP contribution in [0.25, 0.3) is 0 Å². The monoisotopic (exact) mass is 288 g/mol. The van der Waals surface area contributed by atoms with E-state index in [4.69, 9.17) is 5.26 Å². The molecule has 112 valence electrons. The lowest BCUT2D eigenvalue weighted by Crippen LogP contribution is -2.34. The molecule has 21 heavy (non-hydrogen) atoms. The number of anilines is 1. The van der Waals surface area contributed by atoms with Crippen LogP contribution in [-0.4, -0.2) is 17.0 Å². The number of nitriles is 1. The first-order valence-corrected chi connectivity index (χ1v) is 6.92. The summed E-state index contributed by atoms with van der Waals surface area (Å²) >= 11 is 0. The Morgan fingerprint density at radius 3 is 2.43 bits per heavy atom. The lowest BCUT2D eigenvalue weighted by atomic mass is 9.79. The van der Waals surface area contributed by atoms with Gasteiger partial charge in [0.25, 0.3) is 0 Å². The molecule has 1 aromatic carbocycles. The molecule has 0 saturated carbocycles. The number of aryl methyl sites for hydroxylation is 1. The summed E-state index contributed by atoms with van der Waals surface area (Å²) in [5.74, 6) is -1.30. The van der Waals surface area contributed by atoms with E-state index in [1.54, 1.807) is 32.0 Å². The van der Waals surface area contributed by atoms with Gasteiger partial charge in [0, 0.05) is 12.1 Å². The summed E-state index contributed by atoms with van der Waals surface area (Å²) in [6.45, 7) is 5.36. The molecule has 5 nitrogen and oxygen atoms in total. The fourth-order valence-electron chi connectivity index (χ4n) is 2.21. The summed E-state index contributed by atoms with van der Waals surface area (Å²) in [5.41, 5.74) is 0.790. The Morgan fingerprint density at radius 2 is 1.95 bits per heavy atom. The number of nitrogens with one attached hydrogen (secondary N) is 1. The van der Waals surface area contributed by atoms with E-state index in [1.165, 1.54) is 0 Å². The summed E-state index contributed by atoms with van der Waals surface area (Å²) in [6.07, 6.45) is 0.707. The zero-order chi connectivity index (χ0) is 16.0. The Kier molecular flexibility index (Phi) is 5.48. The molecule has 0 aromatic heterocycles. The van der Waals surface area contributed by atoms with Gasteiger partial charge in [0.2, 0.25) is 5.91 Å². The molecule has 0 atom stereocenters. The summed E-state index contributed by atoms with van der Waals surface area (Å²) in [7, 11) is 0. The van der Waals surface area contributed by atoms with Gasteiger partial charge in [-0.15, -0.1) is 0 Å². The van der Waals surface area contributed by atoms with E-state index in [1.807, 2.05) is 13.0 Å². The van der Waals surface area contributed by atoms with Crippen molar-refractivity contribution in [3.05, 3.63) is 29.3 Å². The van der Waals surface area contributed by atoms with Crippen LogP contribution in [0.2, 0.25) is 0 Å². The van der Waals surface area contributed by atoms with E-state index < -0.39 is 11.4 Å². The molecular weight excluding hydrogens is 268 g/mol. The molecule has 0 aliphatic carbocycles. The molecular formula is C16H20N2O3. The number of nitrogens with zero attached hydrogens (tertiary/aromatic N) is 1. The average molecular weight is 288 g/mol. The van der Waals surface area contributed by atoms with Gasteiger partial charge in [0.15, 0.2) is 0 Å². The van der Waals surface area contributed by atoms with Gasteiger partial charge in [0.1, 0.15) is 0 Å². The minimum absolute atomic E-state index is 0.0778. The molecule has 0 radical (unpaired) electrons. The fraction of sp³-hybridized carbons (Fsp3) is 0.438. The number of carbonyl (C=O) groups excluding carboxylic acids is 1. The Hall–Kier alpha value is -2.35. The number of amides is 1. The predicted molar refractivity (Wildman–Crippen MR) is 79.8 cm³/mol. The molecule has 5 heteroatoms. The third-order valence-electron chi connectivity index (χ3n) is 3.95. The molecule has 1 aromatic rings. The molecule has 0 unspecified atom stereocenters. The van der Waals surface area contributed by atoms with E-state index in [0.717, 1.165) is 5.56 Å². The lowest BCUT2D eigenvalue weighted by Gasteiger charge is -2.26. The van der Waals surface area contributed by atoms with E-state index in [2.05, 4.69) is 5.32 Å². The van der Waals surface area contributed by atoms with E-state index >= 15 is 0 Å². The maximum Gasteiger partial charge on any atom is 0.310 e. The topological polar surface area (TPSA) is 90.2 Å². The highest BCUT2D eigenvalue weighted by molar-refractivity contribution is 5.95. The zero-order valence-corrected chi connectivity index (χ0v) is 12.6. The molecule has 1 amide bonds. The summed E-state index contributed by atoms with van der Waals surface area (Å²) in [5, 5.41) is 20.9. The van der Waals surface area contributed by atoms with Gasteiger partial charge in [-0.05, 0) is 37.5 Å². The van der Waals surface area contributed by atoms with Crippen molar-refractivity contribution in [3.8, 4) is 6.07 Å². The van der Waals surface area contributed by atoms with Crippen molar-refractivity contribution in [2.24, 2.45) is 5.41 Å². The zero-order valence-electron chi connectivity index (χ0n) is 12.6. The van der Waals surface area contributed by atoms with Crippen LogP contribution in [0.5, 0.6) is 0 Å². The molecule has 0 fully saturated rings. The normalized spacial score (nSPS) is 10.8. The second-order valence-electron chi connectivity index (χ2n) is 5.16. The van der Waals surface area contributed by atoms with Gasteiger partial charge < -0.3 is 10.4 Å². The number of hydrogen-bond donors (Lipinski definition) is 2. The quantitative estimate of drug-likeness (QED) is 0.841. The number of carbonyl (C=O) groups is 2. The van der Waals surface area contributed by atoms with Crippen LogP contribution in [0.1, 0.15) is 44.2 Å². The largest absolute Gasteiger partial charge is 0.481 e. The Balaban J connectivity index is 2.92. The van der Waals surface area contributed by atoms with E-state index in [9.17, 15) is 14.7 Å². The Morgan fingerprint density at radius 1 is 1.33 bits per heavy atom. The predicted octanol–water partition coefficient (Wildman–Crippen LogP) is 3.09. The number of carboxylic acid groups (broad SMARTS) is 1. The molecule has 1 rings (SSSR count). The van der Waals surface area contributed by atoms with Crippen LogP contribution in [0.15, 0.2) is 18.2 Å². The molecule has 0 aliphatic heterocycles. The summed E-state index contributed by atoms with van der Waals surface area (Å²) in [6, 6.07) is 7.02. The molecule has 0 bridgehead atoms. The Bertz CT molecular complexity index is 584. The number of benzene rings is 1. The van der Waals surface area contributed by atoms with Gasteiger partial charge in [-0.1, -0.05) is 19.9 Å². The SMILES string of the molecule is CCC(CC)(CC(=O)Nc1cc(C#N)ccc1C)C(=O)O. The fourth-order valence-corrected chi connectivity index (χ4v) is 2.21. The summed E-state index contributed by atoms with van der Waals surface area (Å²) in [4.78, 5) is 23.6. The average Bonchev–Trinajstić information content (AvgIpc) is 2.46. The summed E-state index contributed by atoms with van der Waals surface area (Å²) < 4.78 is 0. The molecule has 0 saturated heterocycles. The van der Waals surface area contributed by atoms with Crippen molar-refractivity contribution in [2.45, 2.75) is 40.0 Å².